The number of hydrogen-bond acceptors (Lipinski definition) is 2. The molecule has 0 radical (unpaired) electrons. The van der Waals surface area contributed by atoms with Crippen LogP contribution in [0, 0.1) is 0 Å². The molecule has 0 atom stereocenters. The zero-order valence-corrected chi connectivity index (χ0v) is 21.8. The first-order valence-corrected chi connectivity index (χ1v) is 13.4. The maximum Gasteiger partial charge on any atom is 0.102 e. The number of aromatic nitrogens is 4. The van der Waals surface area contributed by atoms with Gasteiger partial charge in [0.05, 0.1) is 17.1 Å². The number of rotatable bonds is 6. The summed E-state index contributed by atoms with van der Waals surface area (Å²) in [5.74, 6) is 0. The average molecular weight is 515 g/mol. The van der Waals surface area contributed by atoms with Crippen LogP contribution in [-0.4, -0.2) is 19.6 Å². The molecular weight excluding hydrogens is 488 g/mol. The van der Waals surface area contributed by atoms with Gasteiger partial charge in [0, 0.05) is 28.5 Å². The Bertz CT molecular complexity index is 1860. The molecule has 0 saturated carbocycles. The maximum atomic E-state index is 5.30. The quantitative estimate of drug-likeness (QED) is 0.222. The van der Waals surface area contributed by atoms with Gasteiger partial charge in [0.25, 0.3) is 0 Å². The summed E-state index contributed by atoms with van der Waals surface area (Å²) in [5, 5.41) is 10.5. The van der Waals surface area contributed by atoms with Crippen LogP contribution < -0.4 is 0 Å². The first kappa shape index (κ1) is 23.6. The maximum absolute atomic E-state index is 5.30. The average Bonchev–Trinajstić information content (AvgIpc) is 3.66. The Morgan fingerprint density at radius 3 is 1.40 bits per heavy atom. The van der Waals surface area contributed by atoms with Crippen molar-refractivity contribution in [2.24, 2.45) is 0 Å². The highest BCUT2D eigenvalue weighted by Crippen LogP contribution is 2.44. The molecule has 0 bridgehead atoms. The third-order valence-electron chi connectivity index (χ3n) is 7.03. The van der Waals surface area contributed by atoms with Gasteiger partial charge in [0.1, 0.15) is 11.4 Å². The lowest BCUT2D eigenvalue weighted by atomic mass is 9.94. The van der Waals surface area contributed by atoms with Gasteiger partial charge in [-0.3, -0.25) is 0 Å². The van der Waals surface area contributed by atoms with Crippen LogP contribution in [0.2, 0.25) is 0 Å². The number of hydrogen-bond donors (Lipinski definition) is 0. The fourth-order valence-electron chi connectivity index (χ4n) is 5.17. The van der Waals surface area contributed by atoms with E-state index in [9.17, 15) is 0 Å². The van der Waals surface area contributed by atoms with Gasteiger partial charge in [-0.25, -0.2) is 9.36 Å². The molecule has 2 heterocycles. The van der Waals surface area contributed by atoms with Crippen LogP contribution in [0.1, 0.15) is 0 Å². The van der Waals surface area contributed by atoms with Crippen LogP contribution >= 0.6 is 0 Å². The largest absolute Gasteiger partial charge is 0.240 e. The smallest absolute Gasteiger partial charge is 0.102 e. The number of benzene rings is 5. The minimum atomic E-state index is 0.901. The van der Waals surface area contributed by atoms with E-state index in [0.717, 1.165) is 56.3 Å². The molecule has 0 unspecified atom stereocenters. The Morgan fingerprint density at radius 1 is 0.400 bits per heavy atom. The van der Waals surface area contributed by atoms with E-state index in [1.54, 1.807) is 0 Å². The summed E-state index contributed by atoms with van der Waals surface area (Å²) in [6.07, 6.45) is 2.13. The van der Waals surface area contributed by atoms with Gasteiger partial charge in [-0.2, -0.15) is 10.2 Å². The molecule has 4 nitrogen and oxygen atoms in total. The second-order valence-electron chi connectivity index (χ2n) is 9.59. The highest BCUT2D eigenvalue weighted by atomic mass is 15.3. The molecule has 5 aromatic carbocycles. The molecule has 0 aliphatic carbocycles. The van der Waals surface area contributed by atoms with Gasteiger partial charge in [-0.05, 0) is 29.8 Å². The second kappa shape index (κ2) is 10.4. The highest BCUT2D eigenvalue weighted by Gasteiger charge is 2.27. The predicted molar refractivity (Wildman–Crippen MR) is 162 cm³/mol. The highest BCUT2D eigenvalue weighted by molar-refractivity contribution is 5.96. The molecule has 0 N–H and O–H groups in total. The first-order valence-electron chi connectivity index (χ1n) is 13.4. The zero-order valence-electron chi connectivity index (χ0n) is 21.8. The van der Waals surface area contributed by atoms with E-state index in [1.165, 1.54) is 0 Å². The standard InChI is InChI=1S/C36H26N4/c1-6-16-27(17-7-1)33-35(29-20-10-3-11-21-29)38-40(31-24-14-5-15-25-31)36(33)32-26-39(30-22-12-4-13-23-30)37-34(32)28-18-8-2-9-19-28/h1-26H. The molecule has 0 spiro atoms. The minimum absolute atomic E-state index is 0.901. The Kier molecular flexibility index (Phi) is 6.11. The van der Waals surface area contributed by atoms with Gasteiger partial charge < -0.3 is 0 Å². The molecule has 0 saturated heterocycles. The molecule has 40 heavy (non-hydrogen) atoms. The van der Waals surface area contributed by atoms with Gasteiger partial charge >= 0.3 is 0 Å². The lowest BCUT2D eigenvalue weighted by Crippen LogP contribution is -2.00. The van der Waals surface area contributed by atoms with Gasteiger partial charge in [-0.1, -0.05) is 127 Å². The molecule has 7 aromatic rings. The Balaban J connectivity index is 1.60. The van der Waals surface area contributed by atoms with Crippen molar-refractivity contribution in [2.75, 3.05) is 0 Å². The summed E-state index contributed by atoms with van der Waals surface area (Å²) in [4.78, 5) is 0. The summed E-state index contributed by atoms with van der Waals surface area (Å²) in [7, 11) is 0. The van der Waals surface area contributed by atoms with E-state index in [4.69, 9.17) is 10.2 Å². The summed E-state index contributed by atoms with van der Waals surface area (Å²) in [6.45, 7) is 0. The molecule has 0 fully saturated rings. The van der Waals surface area contributed by atoms with Gasteiger partial charge in [0.2, 0.25) is 0 Å². The molecule has 190 valence electrons. The van der Waals surface area contributed by atoms with Crippen LogP contribution in [0.25, 0.3) is 56.3 Å². The van der Waals surface area contributed by atoms with Crippen LogP contribution in [-0.2, 0) is 0 Å². The third kappa shape index (κ3) is 4.32. The van der Waals surface area contributed by atoms with Crippen molar-refractivity contribution in [1.29, 1.82) is 0 Å². The molecule has 2 aromatic heterocycles. The van der Waals surface area contributed by atoms with Crippen molar-refractivity contribution in [2.45, 2.75) is 0 Å². The molecule has 0 aliphatic heterocycles. The molecule has 7 rings (SSSR count). The topological polar surface area (TPSA) is 35.6 Å². The van der Waals surface area contributed by atoms with E-state index in [0.29, 0.717) is 0 Å². The minimum Gasteiger partial charge on any atom is -0.240 e. The first-order chi connectivity index (χ1) is 19.9. The molecular formula is C36H26N4. The monoisotopic (exact) mass is 514 g/mol. The molecule has 0 amide bonds. The Hall–Kier alpha value is -5.48. The third-order valence-corrected chi connectivity index (χ3v) is 7.03. The van der Waals surface area contributed by atoms with Crippen molar-refractivity contribution in [3.63, 3.8) is 0 Å². The van der Waals surface area contributed by atoms with Crippen molar-refractivity contribution >= 4 is 0 Å². The van der Waals surface area contributed by atoms with Crippen LogP contribution in [0.15, 0.2) is 158 Å². The van der Waals surface area contributed by atoms with Crippen molar-refractivity contribution in [3.8, 4) is 56.3 Å². The summed E-state index contributed by atoms with van der Waals surface area (Å²) < 4.78 is 4.04. The fraction of sp³-hybridized carbons (Fsp3) is 0. The van der Waals surface area contributed by atoms with Crippen molar-refractivity contribution in [1.82, 2.24) is 19.6 Å². The Labute approximate surface area is 233 Å². The van der Waals surface area contributed by atoms with Crippen LogP contribution in [0.4, 0.5) is 0 Å². The van der Waals surface area contributed by atoms with Gasteiger partial charge in [0.15, 0.2) is 0 Å². The van der Waals surface area contributed by atoms with E-state index in [1.807, 2.05) is 41.1 Å². The van der Waals surface area contributed by atoms with Crippen molar-refractivity contribution < 1.29 is 0 Å². The fourth-order valence-corrected chi connectivity index (χ4v) is 5.17. The van der Waals surface area contributed by atoms with Crippen LogP contribution in [0.3, 0.4) is 0 Å². The summed E-state index contributed by atoms with van der Waals surface area (Å²) in [6, 6.07) is 51.9. The lowest BCUT2D eigenvalue weighted by Gasteiger charge is -2.11. The second-order valence-corrected chi connectivity index (χ2v) is 9.59. The van der Waals surface area contributed by atoms with E-state index < -0.39 is 0 Å². The summed E-state index contributed by atoms with van der Waals surface area (Å²) in [5.41, 5.74) is 10.1. The van der Waals surface area contributed by atoms with Crippen LogP contribution in [0.5, 0.6) is 0 Å². The van der Waals surface area contributed by atoms with E-state index in [-0.39, 0.29) is 0 Å². The number of nitrogens with zero attached hydrogens (tertiary/aromatic N) is 4. The SMILES string of the molecule is c1ccc(-c2nn(-c3ccccc3)cc2-c2c(-c3ccccc3)c(-c3ccccc3)nn2-c2ccccc2)cc1. The lowest BCUT2D eigenvalue weighted by molar-refractivity contribution is 0.882. The zero-order chi connectivity index (χ0) is 26.7. The van der Waals surface area contributed by atoms with Crippen molar-refractivity contribution in [3.05, 3.63) is 158 Å². The summed E-state index contributed by atoms with van der Waals surface area (Å²) >= 11 is 0. The van der Waals surface area contributed by atoms with E-state index in [2.05, 4.69) is 126 Å². The normalized spacial score (nSPS) is 11.0. The predicted octanol–water partition coefficient (Wildman–Crippen LogP) is 8.73. The Morgan fingerprint density at radius 2 is 0.850 bits per heavy atom. The van der Waals surface area contributed by atoms with Gasteiger partial charge in [-0.15, -0.1) is 0 Å². The number of para-hydroxylation sites is 2. The van der Waals surface area contributed by atoms with E-state index >= 15 is 0 Å². The molecule has 4 heteroatoms. The molecule has 0 aliphatic rings.